The first-order valence-electron chi connectivity index (χ1n) is 11.0. The molecule has 1 saturated heterocycles. The lowest BCUT2D eigenvalue weighted by Crippen LogP contribution is -2.90. The lowest BCUT2D eigenvalue weighted by atomic mass is 10.1. The van der Waals surface area contributed by atoms with E-state index in [2.05, 4.69) is 6.92 Å². The summed E-state index contributed by atoms with van der Waals surface area (Å²) in [5.74, 6) is 1.85. The topological polar surface area (TPSA) is 81.7 Å². The number of hydrogen-bond donors (Lipinski definition) is 1. The van der Waals surface area contributed by atoms with Crippen LogP contribution in [-0.2, 0) is 16.1 Å². The molecule has 2 aliphatic rings. The van der Waals surface area contributed by atoms with Crippen molar-refractivity contribution in [3.05, 3.63) is 48.0 Å². The maximum absolute atomic E-state index is 12.9. The van der Waals surface area contributed by atoms with Crippen LogP contribution in [0, 0.1) is 0 Å². The highest BCUT2D eigenvalue weighted by Crippen LogP contribution is 2.32. The molecule has 2 aliphatic heterocycles. The van der Waals surface area contributed by atoms with Crippen molar-refractivity contribution in [2.24, 2.45) is 0 Å². The monoisotopic (exact) mass is 425 g/mol. The van der Waals surface area contributed by atoms with Gasteiger partial charge in [-0.1, -0.05) is 26.2 Å². The van der Waals surface area contributed by atoms with Gasteiger partial charge in [0.15, 0.2) is 17.5 Å². The minimum Gasteiger partial charge on any atom is -0.494 e. The molecule has 7 nitrogen and oxygen atoms in total. The second-order valence-electron chi connectivity index (χ2n) is 7.91. The van der Waals surface area contributed by atoms with E-state index in [1.54, 1.807) is 12.1 Å². The van der Waals surface area contributed by atoms with E-state index < -0.39 is 6.04 Å². The fourth-order valence-electron chi connectivity index (χ4n) is 3.87. The number of unbranched alkanes of at least 4 members (excludes halogenated alkanes) is 3. The molecule has 0 bridgehead atoms. The molecular formula is C24H29N2O5+. The largest absolute Gasteiger partial charge is 0.494 e. The second kappa shape index (κ2) is 9.83. The van der Waals surface area contributed by atoms with Crippen molar-refractivity contribution in [3.8, 4) is 17.2 Å². The molecule has 2 N–H and O–H groups in total. The first-order valence-corrected chi connectivity index (χ1v) is 11.0. The van der Waals surface area contributed by atoms with Crippen LogP contribution in [0.4, 0.5) is 5.69 Å². The van der Waals surface area contributed by atoms with Gasteiger partial charge in [0, 0.05) is 5.56 Å². The van der Waals surface area contributed by atoms with Crippen LogP contribution in [0.3, 0.4) is 0 Å². The van der Waals surface area contributed by atoms with Crippen molar-refractivity contribution in [1.82, 2.24) is 0 Å². The molecule has 0 unspecified atom stereocenters. The molecule has 7 heteroatoms. The van der Waals surface area contributed by atoms with Crippen molar-refractivity contribution in [1.29, 1.82) is 0 Å². The summed E-state index contributed by atoms with van der Waals surface area (Å²) in [6.07, 6.45) is 4.80. The third kappa shape index (κ3) is 4.99. The lowest BCUT2D eigenvalue weighted by Gasteiger charge is -2.15. The summed E-state index contributed by atoms with van der Waals surface area (Å²) in [4.78, 5) is 26.7. The number of anilines is 1. The van der Waals surface area contributed by atoms with E-state index >= 15 is 0 Å². The molecule has 2 aromatic rings. The Balaban J connectivity index is 1.31. The maximum atomic E-state index is 12.9. The van der Waals surface area contributed by atoms with E-state index in [1.165, 1.54) is 17.7 Å². The fourth-order valence-corrected chi connectivity index (χ4v) is 3.87. The third-order valence-corrected chi connectivity index (χ3v) is 5.62. The van der Waals surface area contributed by atoms with Gasteiger partial charge >= 0.3 is 0 Å². The van der Waals surface area contributed by atoms with Gasteiger partial charge < -0.3 is 19.5 Å². The van der Waals surface area contributed by atoms with Gasteiger partial charge in [-0.3, -0.25) is 9.59 Å². The van der Waals surface area contributed by atoms with Gasteiger partial charge in [-0.15, -0.1) is 0 Å². The molecule has 1 fully saturated rings. The van der Waals surface area contributed by atoms with E-state index in [0.717, 1.165) is 29.9 Å². The van der Waals surface area contributed by atoms with Gasteiger partial charge in [0.1, 0.15) is 12.3 Å². The molecule has 0 aliphatic carbocycles. The molecule has 2 amide bonds. The average Bonchev–Trinajstić information content (AvgIpc) is 3.36. The molecular weight excluding hydrogens is 396 g/mol. The normalized spacial score (nSPS) is 17.5. The molecule has 2 heterocycles. The number of rotatable bonds is 10. The number of ether oxygens (including phenoxy) is 3. The number of imide groups is 1. The van der Waals surface area contributed by atoms with Crippen molar-refractivity contribution in [2.45, 2.75) is 51.6 Å². The first-order chi connectivity index (χ1) is 15.2. The molecule has 0 radical (unpaired) electrons. The summed E-state index contributed by atoms with van der Waals surface area (Å²) in [6.45, 7) is 3.67. The molecule has 0 spiro atoms. The Morgan fingerprint density at radius 2 is 1.84 bits per heavy atom. The van der Waals surface area contributed by atoms with Crippen LogP contribution in [0.1, 0.15) is 44.6 Å². The predicted molar refractivity (Wildman–Crippen MR) is 115 cm³/mol. The highest BCUT2D eigenvalue weighted by atomic mass is 16.7. The van der Waals surface area contributed by atoms with Crippen molar-refractivity contribution in [2.75, 3.05) is 18.3 Å². The van der Waals surface area contributed by atoms with Crippen LogP contribution in [0.25, 0.3) is 0 Å². The number of hydrogen-bond acceptors (Lipinski definition) is 5. The Labute approximate surface area is 182 Å². The summed E-state index contributed by atoms with van der Waals surface area (Å²) in [7, 11) is 0. The summed E-state index contributed by atoms with van der Waals surface area (Å²) in [6, 6.07) is 12.5. The van der Waals surface area contributed by atoms with Crippen LogP contribution in [0.5, 0.6) is 17.2 Å². The predicted octanol–water partition coefficient (Wildman–Crippen LogP) is 2.77. The van der Waals surface area contributed by atoms with Gasteiger partial charge in [-0.25, -0.2) is 4.90 Å². The van der Waals surface area contributed by atoms with Crippen LogP contribution in [0.2, 0.25) is 0 Å². The fraction of sp³-hybridized carbons (Fsp3) is 0.417. The number of carbonyl (C=O) groups excluding carboxylic acids is 2. The standard InChI is InChI=1S/C24H28N2O5/c1-2-3-4-5-12-29-19-9-7-18(8-10-19)26-23(27)14-20(24(26)28)25-15-17-6-11-21-22(13-17)31-16-30-21/h6-11,13,20,25H,2-5,12,14-16H2,1H3/p+1/t20-/m0/s1. The number of quaternary nitrogens is 1. The van der Waals surface area contributed by atoms with E-state index in [9.17, 15) is 9.59 Å². The highest BCUT2D eigenvalue weighted by Gasteiger charge is 2.42. The zero-order chi connectivity index (χ0) is 21.6. The Kier molecular flexibility index (Phi) is 6.72. The number of carbonyl (C=O) groups is 2. The van der Waals surface area contributed by atoms with Gasteiger partial charge in [0.2, 0.25) is 12.7 Å². The third-order valence-electron chi connectivity index (χ3n) is 5.62. The summed E-state index contributed by atoms with van der Waals surface area (Å²) >= 11 is 0. The molecule has 31 heavy (non-hydrogen) atoms. The van der Waals surface area contributed by atoms with Crippen molar-refractivity contribution >= 4 is 17.5 Å². The van der Waals surface area contributed by atoms with Crippen LogP contribution < -0.4 is 24.4 Å². The van der Waals surface area contributed by atoms with Gasteiger partial charge in [-0.2, -0.15) is 0 Å². The molecule has 0 aromatic heterocycles. The zero-order valence-corrected chi connectivity index (χ0v) is 17.8. The smallest absolute Gasteiger partial charge is 0.292 e. The summed E-state index contributed by atoms with van der Waals surface area (Å²) in [5.41, 5.74) is 1.61. The Bertz CT molecular complexity index is 928. The second-order valence-corrected chi connectivity index (χ2v) is 7.91. The average molecular weight is 426 g/mol. The number of fused-ring (bicyclic) bond motifs is 1. The molecule has 4 rings (SSSR count). The minimum atomic E-state index is -0.424. The van der Waals surface area contributed by atoms with E-state index in [-0.39, 0.29) is 25.0 Å². The molecule has 2 aromatic carbocycles. The number of benzene rings is 2. The Morgan fingerprint density at radius 1 is 1.03 bits per heavy atom. The number of amides is 2. The molecule has 1 atom stereocenters. The van der Waals surface area contributed by atoms with Crippen molar-refractivity contribution in [3.63, 3.8) is 0 Å². The van der Waals surface area contributed by atoms with E-state index in [4.69, 9.17) is 14.2 Å². The number of nitrogens with zero attached hydrogens (tertiary/aromatic N) is 1. The van der Waals surface area contributed by atoms with Gasteiger partial charge in [-0.05, 0) is 48.9 Å². The number of nitrogens with two attached hydrogens (primary N) is 1. The summed E-state index contributed by atoms with van der Waals surface area (Å²) < 4.78 is 16.5. The molecule has 164 valence electrons. The van der Waals surface area contributed by atoms with Crippen LogP contribution >= 0.6 is 0 Å². The van der Waals surface area contributed by atoms with E-state index in [1.807, 2.05) is 35.6 Å². The maximum Gasteiger partial charge on any atom is 0.292 e. The van der Waals surface area contributed by atoms with Crippen LogP contribution in [0.15, 0.2) is 42.5 Å². The van der Waals surface area contributed by atoms with E-state index in [0.29, 0.717) is 24.6 Å². The summed E-state index contributed by atoms with van der Waals surface area (Å²) in [5, 5.41) is 1.91. The quantitative estimate of drug-likeness (QED) is 0.468. The Hall–Kier alpha value is -3.06. The minimum absolute atomic E-state index is 0.176. The first kappa shape index (κ1) is 21.2. The van der Waals surface area contributed by atoms with Crippen molar-refractivity contribution < 1.29 is 29.1 Å². The van der Waals surface area contributed by atoms with Gasteiger partial charge in [0.05, 0.1) is 18.7 Å². The Morgan fingerprint density at radius 3 is 2.65 bits per heavy atom. The van der Waals surface area contributed by atoms with Gasteiger partial charge in [0.25, 0.3) is 5.91 Å². The molecule has 0 saturated carbocycles. The SMILES string of the molecule is CCCCCCOc1ccc(N2C(=O)C[C@H]([NH2+]Cc3ccc4c(c3)OCO4)C2=O)cc1. The lowest BCUT2D eigenvalue weighted by molar-refractivity contribution is -0.690. The highest BCUT2D eigenvalue weighted by molar-refractivity contribution is 6.21. The zero-order valence-electron chi connectivity index (χ0n) is 17.8. The van der Waals surface area contributed by atoms with Crippen LogP contribution in [-0.4, -0.2) is 31.3 Å².